The lowest BCUT2D eigenvalue weighted by atomic mass is 10.1. The molecule has 0 atom stereocenters. The lowest BCUT2D eigenvalue weighted by molar-refractivity contribution is 0.101. The number of allylic oxidation sites excluding steroid dienone is 1. The van der Waals surface area contributed by atoms with Crippen LogP contribution in [0, 0.1) is 6.92 Å². The molecule has 6 heteroatoms. The topological polar surface area (TPSA) is 49.7 Å². The number of hydrogen-bond acceptors (Lipinski definition) is 4. The molecule has 1 aromatic heterocycles. The number of methoxy groups -OCH3 is 1. The molecule has 2 heterocycles. The molecule has 0 aliphatic carbocycles. The first-order chi connectivity index (χ1) is 16.5. The van der Waals surface area contributed by atoms with Gasteiger partial charge in [0, 0.05) is 45.4 Å². The van der Waals surface area contributed by atoms with Gasteiger partial charge in [0.05, 0.1) is 12.7 Å². The summed E-state index contributed by atoms with van der Waals surface area (Å²) in [5.74, 6) is 2.10. The van der Waals surface area contributed by atoms with Gasteiger partial charge in [-0.1, -0.05) is 29.8 Å². The molecule has 0 fully saturated rings. The molecule has 3 aromatic carbocycles. The number of Topliss-reactive ketones (excluding diaryl/α,β-unsaturated/α-hetero) is 1. The summed E-state index contributed by atoms with van der Waals surface area (Å²) in [4.78, 5) is 13.1. The second kappa shape index (κ2) is 8.92. The van der Waals surface area contributed by atoms with Gasteiger partial charge in [-0.15, -0.1) is 0 Å². The standard InChI is InChI=1S/C28H24ClNO4/c1-4-30-15-19(22-14-20(32-3)9-11-24(22)30)13-26-27(31)21-10-12-25(17(2)28(21)34-26)33-16-18-7-5-6-8-23(18)29/h5-15H,4,16H2,1-3H3/b26-13-. The van der Waals surface area contributed by atoms with Crippen molar-refractivity contribution < 1.29 is 19.0 Å². The van der Waals surface area contributed by atoms with E-state index < -0.39 is 0 Å². The van der Waals surface area contributed by atoms with Crippen molar-refractivity contribution in [3.8, 4) is 17.2 Å². The summed E-state index contributed by atoms with van der Waals surface area (Å²) in [6.07, 6.45) is 3.84. The van der Waals surface area contributed by atoms with Crippen molar-refractivity contribution in [1.82, 2.24) is 4.57 Å². The van der Waals surface area contributed by atoms with Crippen LogP contribution in [0.5, 0.6) is 17.2 Å². The van der Waals surface area contributed by atoms with Crippen LogP contribution in [-0.2, 0) is 13.2 Å². The number of hydrogen-bond donors (Lipinski definition) is 0. The van der Waals surface area contributed by atoms with E-state index in [1.807, 2.05) is 61.7 Å². The normalized spacial score (nSPS) is 13.9. The third-order valence-corrected chi connectivity index (χ3v) is 6.49. The number of aryl methyl sites for hydroxylation is 1. The Kier molecular flexibility index (Phi) is 5.80. The average Bonchev–Trinajstić information content (AvgIpc) is 3.37. The third-order valence-electron chi connectivity index (χ3n) is 6.12. The average molecular weight is 474 g/mol. The Bertz CT molecular complexity index is 1450. The zero-order valence-corrected chi connectivity index (χ0v) is 20.0. The fourth-order valence-corrected chi connectivity index (χ4v) is 4.43. The Morgan fingerprint density at radius 1 is 1.12 bits per heavy atom. The van der Waals surface area contributed by atoms with Crippen molar-refractivity contribution in [2.75, 3.05) is 7.11 Å². The van der Waals surface area contributed by atoms with Crippen molar-refractivity contribution in [3.63, 3.8) is 0 Å². The smallest absolute Gasteiger partial charge is 0.231 e. The first-order valence-electron chi connectivity index (χ1n) is 11.1. The van der Waals surface area contributed by atoms with Crippen molar-refractivity contribution in [1.29, 1.82) is 0 Å². The highest BCUT2D eigenvalue weighted by molar-refractivity contribution is 6.31. The van der Waals surface area contributed by atoms with E-state index in [2.05, 4.69) is 11.5 Å². The van der Waals surface area contributed by atoms with Crippen LogP contribution in [0.25, 0.3) is 17.0 Å². The molecule has 172 valence electrons. The summed E-state index contributed by atoms with van der Waals surface area (Å²) < 4.78 is 19.6. The molecule has 5 nitrogen and oxygen atoms in total. The SMILES string of the molecule is CCn1cc(/C=C2\Oc3c(ccc(OCc4ccccc4Cl)c3C)C2=O)c2cc(OC)ccc21. The molecule has 0 radical (unpaired) electrons. The number of ether oxygens (including phenoxy) is 3. The van der Waals surface area contributed by atoms with Crippen LogP contribution < -0.4 is 14.2 Å². The number of rotatable bonds is 6. The Morgan fingerprint density at radius 2 is 1.94 bits per heavy atom. The highest BCUT2D eigenvalue weighted by Crippen LogP contribution is 2.40. The van der Waals surface area contributed by atoms with E-state index in [0.29, 0.717) is 34.5 Å². The first kappa shape index (κ1) is 22.1. The van der Waals surface area contributed by atoms with E-state index in [4.69, 9.17) is 25.8 Å². The van der Waals surface area contributed by atoms with E-state index in [0.717, 1.165) is 39.9 Å². The monoisotopic (exact) mass is 473 g/mol. The molecule has 0 saturated carbocycles. The number of halogens is 1. The van der Waals surface area contributed by atoms with E-state index >= 15 is 0 Å². The second-order valence-electron chi connectivity index (χ2n) is 8.14. The summed E-state index contributed by atoms with van der Waals surface area (Å²) in [6.45, 7) is 5.12. The van der Waals surface area contributed by atoms with E-state index in [9.17, 15) is 4.79 Å². The lowest BCUT2D eigenvalue weighted by Gasteiger charge is -2.12. The Morgan fingerprint density at radius 3 is 2.71 bits per heavy atom. The minimum absolute atomic E-state index is 0.143. The molecular weight excluding hydrogens is 450 g/mol. The number of benzene rings is 3. The fraction of sp³-hybridized carbons (Fsp3) is 0.179. The minimum atomic E-state index is -0.143. The molecule has 4 aromatic rings. The van der Waals surface area contributed by atoms with Crippen LogP contribution in [0.3, 0.4) is 0 Å². The lowest BCUT2D eigenvalue weighted by Crippen LogP contribution is -1.99. The second-order valence-corrected chi connectivity index (χ2v) is 8.55. The van der Waals surface area contributed by atoms with E-state index in [1.54, 1.807) is 19.3 Å². The molecule has 0 unspecified atom stereocenters. The van der Waals surface area contributed by atoms with Crippen LogP contribution in [-0.4, -0.2) is 17.5 Å². The molecular formula is C28H24ClNO4. The summed E-state index contributed by atoms with van der Waals surface area (Å²) in [7, 11) is 1.64. The molecule has 1 aliphatic heterocycles. The Labute approximate surface area is 203 Å². The van der Waals surface area contributed by atoms with Gasteiger partial charge in [0.1, 0.15) is 23.9 Å². The summed E-state index contributed by atoms with van der Waals surface area (Å²) in [5.41, 5.74) is 4.18. The number of nitrogens with zero attached hydrogens (tertiary/aromatic N) is 1. The Hall–Kier alpha value is -3.70. The van der Waals surface area contributed by atoms with Crippen LogP contribution in [0.15, 0.2) is 66.6 Å². The summed E-state index contributed by atoms with van der Waals surface area (Å²) in [6, 6.07) is 17.1. The number of carbonyl (C=O) groups is 1. The minimum Gasteiger partial charge on any atom is -0.497 e. The van der Waals surface area contributed by atoms with Crippen molar-refractivity contribution in [2.24, 2.45) is 0 Å². The van der Waals surface area contributed by atoms with Gasteiger partial charge in [0.15, 0.2) is 5.76 Å². The van der Waals surface area contributed by atoms with Gasteiger partial charge in [-0.05, 0) is 56.3 Å². The fourth-order valence-electron chi connectivity index (χ4n) is 4.24. The van der Waals surface area contributed by atoms with Gasteiger partial charge in [-0.3, -0.25) is 4.79 Å². The van der Waals surface area contributed by atoms with Crippen molar-refractivity contribution in [2.45, 2.75) is 27.0 Å². The predicted octanol–water partition coefficient (Wildman–Crippen LogP) is 6.83. The van der Waals surface area contributed by atoms with Crippen molar-refractivity contribution >= 4 is 34.4 Å². The van der Waals surface area contributed by atoms with Crippen LogP contribution in [0.4, 0.5) is 0 Å². The van der Waals surface area contributed by atoms with Gasteiger partial charge >= 0.3 is 0 Å². The number of aromatic nitrogens is 1. The maximum absolute atomic E-state index is 13.1. The molecule has 0 saturated heterocycles. The number of carbonyl (C=O) groups excluding carboxylic acids is 1. The van der Waals surface area contributed by atoms with Gasteiger partial charge in [-0.25, -0.2) is 0 Å². The molecule has 0 amide bonds. The third kappa shape index (κ3) is 3.82. The number of ketones is 1. The van der Waals surface area contributed by atoms with Crippen LogP contribution in [0.2, 0.25) is 5.02 Å². The molecule has 0 spiro atoms. The van der Waals surface area contributed by atoms with Gasteiger partial charge in [0.2, 0.25) is 5.78 Å². The highest BCUT2D eigenvalue weighted by Gasteiger charge is 2.30. The zero-order chi connectivity index (χ0) is 23.8. The first-order valence-corrected chi connectivity index (χ1v) is 11.5. The zero-order valence-electron chi connectivity index (χ0n) is 19.2. The molecule has 0 bridgehead atoms. The quantitative estimate of drug-likeness (QED) is 0.288. The molecule has 5 rings (SSSR count). The molecule has 0 N–H and O–H groups in total. The Balaban J connectivity index is 1.46. The predicted molar refractivity (Wildman–Crippen MR) is 134 cm³/mol. The largest absolute Gasteiger partial charge is 0.497 e. The van der Waals surface area contributed by atoms with Crippen molar-refractivity contribution in [3.05, 3.63) is 93.8 Å². The molecule has 34 heavy (non-hydrogen) atoms. The summed E-state index contributed by atoms with van der Waals surface area (Å²) in [5, 5.41) is 1.65. The number of fused-ring (bicyclic) bond motifs is 2. The van der Waals surface area contributed by atoms with Gasteiger partial charge < -0.3 is 18.8 Å². The van der Waals surface area contributed by atoms with Gasteiger partial charge in [0.25, 0.3) is 0 Å². The van der Waals surface area contributed by atoms with E-state index in [1.165, 1.54) is 0 Å². The highest BCUT2D eigenvalue weighted by atomic mass is 35.5. The van der Waals surface area contributed by atoms with Crippen LogP contribution >= 0.6 is 11.6 Å². The van der Waals surface area contributed by atoms with E-state index in [-0.39, 0.29) is 5.78 Å². The summed E-state index contributed by atoms with van der Waals surface area (Å²) >= 11 is 6.25. The maximum Gasteiger partial charge on any atom is 0.231 e. The van der Waals surface area contributed by atoms with Gasteiger partial charge in [-0.2, -0.15) is 0 Å². The van der Waals surface area contributed by atoms with Crippen LogP contribution in [0.1, 0.15) is 34.0 Å². The maximum atomic E-state index is 13.1. The molecule has 1 aliphatic rings.